The highest BCUT2D eigenvalue weighted by molar-refractivity contribution is 5.87. The van der Waals surface area contributed by atoms with Gasteiger partial charge in [0.15, 0.2) is 6.29 Å². The molecule has 0 heterocycles. The van der Waals surface area contributed by atoms with Crippen LogP contribution >= 0.6 is 0 Å². The molecule has 4 rings (SSSR count). The van der Waals surface area contributed by atoms with E-state index in [-0.39, 0.29) is 18.6 Å². The number of alkyl halides is 2. The zero-order chi connectivity index (χ0) is 22.9. The second-order valence-corrected chi connectivity index (χ2v) is 9.91. The first kappa shape index (κ1) is 24.3. The van der Waals surface area contributed by atoms with Crippen molar-refractivity contribution in [3.63, 3.8) is 0 Å². The van der Waals surface area contributed by atoms with E-state index in [9.17, 15) is 18.4 Å². The number of esters is 1. The Bertz CT molecular complexity index is 687. The van der Waals surface area contributed by atoms with Crippen LogP contribution in [0.3, 0.4) is 0 Å². The zero-order valence-electron chi connectivity index (χ0n) is 18.7. The summed E-state index contributed by atoms with van der Waals surface area (Å²) in [4.78, 5) is 23.1. The van der Waals surface area contributed by atoms with Gasteiger partial charge in [-0.1, -0.05) is 6.58 Å². The maximum Gasteiger partial charge on any atom is 0.333 e. The molecule has 0 aromatic rings. The Balaban J connectivity index is 1.49. The molecule has 3 unspecified atom stereocenters. The molecule has 0 aliphatic heterocycles. The van der Waals surface area contributed by atoms with Gasteiger partial charge in [-0.15, -0.1) is 0 Å². The van der Waals surface area contributed by atoms with Gasteiger partial charge in [0.1, 0.15) is 13.2 Å². The summed E-state index contributed by atoms with van der Waals surface area (Å²) in [6.07, 6.45) is 5.09. The Morgan fingerprint density at radius 1 is 1.13 bits per heavy atom. The average Bonchev–Trinajstić information content (AvgIpc) is 2.66. The number of hydrogen-bond donors (Lipinski definition) is 0. The number of carbonyl (C=O) groups excluding carboxylic acids is 2. The molecule has 176 valence electrons. The summed E-state index contributed by atoms with van der Waals surface area (Å²) in [6.45, 7) is 7.83. The van der Waals surface area contributed by atoms with Gasteiger partial charge in [-0.2, -0.15) is 8.78 Å². The number of ketones is 1. The second-order valence-electron chi connectivity index (χ2n) is 9.91. The first-order valence-electron chi connectivity index (χ1n) is 11.0. The third-order valence-electron chi connectivity index (χ3n) is 6.77. The monoisotopic (exact) mass is 444 g/mol. The highest BCUT2D eigenvalue weighted by atomic mass is 19.3. The van der Waals surface area contributed by atoms with Crippen molar-refractivity contribution < 1.29 is 37.3 Å². The molecule has 6 nitrogen and oxygen atoms in total. The molecule has 3 atom stereocenters. The third-order valence-corrected chi connectivity index (χ3v) is 6.77. The molecule has 0 N–H and O–H groups in total. The Morgan fingerprint density at radius 3 is 2.35 bits per heavy atom. The van der Waals surface area contributed by atoms with E-state index in [1.54, 1.807) is 13.8 Å². The van der Waals surface area contributed by atoms with E-state index < -0.39 is 36.2 Å². The number of halogens is 2. The Labute approximate surface area is 182 Å². The van der Waals surface area contributed by atoms with Crippen LogP contribution in [0.1, 0.15) is 59.3 Å². The lowest BCUT2D eigenvalue weighted by Crippen LogP contribution is -2.58. The quantitative estimate of drug-likeness (QED) is 0.196. The molecule has 0 aromatic carbocycles. The van der Waals surface area contributed by atoms with Crippen molar-refractivity contribution in [1.82, 2.24) is 0 Å². The van der Waals surface area contributed by atoms with E-state index in [0.717, 1.165) is 38.5 Å². The lowest BCUT2D eigenvalue weighted by molar-refractivity contribution is -0.227. The van der Waals surface area contributed by atoms with Crippen molar-refractivity contribution in [2.24, 2.45) is 17.3 Å². The predicted octanol–water partition coefficient (Wildman–Crippen LogP) is 4.06. The molecule has 0 spiro atoms. The number of ether oxygens (including phenoxy) is 4. The van der Waals surface area contributed by atoms with Gasteiger partial charge >= 0.3 is 11.9 Å². The number of Topliss-reactive ketones (excluding diaryl/α,β-unsaturated/α-hetero) is 1. The van der Waals surface area contributed by atoms with E-state index >= 15 is 0 Å². The van der Waals surface area contributed by atoms with E-state index in [1.165, 1.54) is 0 Å². The normalized spacial score (nSPS) is 32.7. The molecule has 0 saturated heterocycles. The molecule has 4 aliphatic carbocycles. The molecule has 31 heavy (non-hydrogen) atoms. The topological polar surface area (TPSA) is 71.1 Å². The summed E-state index contributed by atoms with van der Waals surface area (Å²) >= 11 is 0. The van der Waals surface area contributed by atoms with E-state index in [4.69, 9.17) is 18.9 Å². The predicted molar refractivity (Wildman–Crippen MR) is 109 cm³/mol. The van der Waals surface area contributed by atoms with Gasteiger partial charge in [0.2, 0.25) is 5.78 Å². The minimum absolute atomic E-state index is 0.0775. The Kier molecular flexibility index (Phi) is 7.23. The Hall–Kier alpha value is -1.38. The molecule has 0 radical (unpaired) electrons. The third kappa shape index (κ3) is 6.11. The minimum atomic E-state index is -3.37. The van der Waals surface area contributed by atoms with Crippen LogP contribution in [0.15, 0.2) is 12.2 Å². The standard InChI is InChI=1S/C23H34F2O6/c1-15(2)20(27)29-6-5-28-16(3)30-14-22-8-17-7-18(9-22)11-23(10-17,13-22)31-12-19(26)21(4,24)25/h16-18H,1,5-14H2,2-4H3. The first-order chi connectivity index (χ1) is 14.4. The molecule has 4 saturated carbocycles. The minimum Gasteiger partial charge on any atom is -0.460 e. The molecule has 4 aliphatic rings. The smallest absolute Gasteiger partial charge is 0.333 e. The summed E-state index contributed by atoms with van der Waals surface area (Å²) in [7, 11) is 0. The summed E-state index contributed by atoms with van der Waals surface area (Å²) in [5.41, 5.74) is -0.243. The number of hydrogen-bond acceptors (Lipinski definition) is 6. The van der Waals surface area contributed by atoms with E-state index in [0.29, 0.717) is 30.9 Å². The van der Waals surface area contributed by atoms with Crippen molar-refractivity contribution in [3.05, 3.63) is 12.2 Å². The van der Waals surface area contributed by atoms with Crippen molar-refractivity contribution in [2.75, 3.05) is 26.4 Å². The number of carbonyl (C=O) groups is 2. The first-order valence-corrected chi connectivity index (χ1v) is 11.0. The lowest BCUT2D eigenvalue weighted by atomic mass is 9.48. The Morgan fingerprint density at radius 2 is 1.77 bits per heavy atom. The van der Waals surface area contributed by atoms with Crippen LogP contribution in [-0.4, -0.2) is 56.0 Å². The van der Waals surface area contributed by atoms with Crippen LogP contribution in [0.5, 0.6) is 0 Å². The van der Waals surface area contributed by atoms with Gasteiger partial charge in [-0.25, -0.2) is 4.79 Å². The fourth-order valence-corrected chi connectivity index (χ4v) is 5.86. The zero-order valence-corrected chi connectivity index (χ0v) is 18.7. The van der Waals surface area contributed by atoms with Gasteiger partial charge < -0.3 is 18.9 Å². The maximum absolute atomic E-state index is 13.3. The van der Waals surface area contributed by atoms with Crippen molar-refractivity contribution in [3.8, 4) is 0 Å². The molecular formula is C23H34F2O6. The fraction of sp³-hybridized carbons (Fsp3) is 0.826. The van der Waals surface area contributed by atoms with Gasteiger partial charge in [-0.3, -0.25) is 4.79 Å². The van der Waals surface area contributed by atoms with Crippen LogP contribution in [0, 0.1) is 17.3 Å². The van der Waals surface area contributed by atoms with Crippen LogP contribution in [0.2, 0.25) is 0 Å². The largest absolute Gasteiger partial charge is 0.460 e. The maximum atomic E-state index is 13.3. The van der Waals surface area contributed by atoms with Crippen LogP contribution in [0.25, 0.3) is 0 Å². The summed E-state index contributed by atoms with van der Waals surface area (Å²) < 4.78 is 49.0. The van der Waals surface area contributed by atoms with Gasteiger partial charge in [0.25, 0.3) is 0 Å². The van der Waals surface area contributed by atoms with Crippen LogP contribution < -0.4 is 0 Å². The molecule has 8 heteroatoms. The fourth-order valence-electron chi connectivity index (χ4n) is 5.86. The van der Waals surface area contributed by atoms with Crippen molar-refractivity contribution in [2.45, 2.75) is 77.1 Å². The van der Waals surface area contributed by atoms with Gasteiger partial charge in [-0.05, 0) is 69.6 Å². The summed E-state index contributed by atoms with van der Waals surface area (Å²) in [6, 6.07) is 0. The lowest BCUT2D eigenvalue weighted by Gasteiger charge is -2.61. The highest BCUT2D eigenvalue weighted by Crippen LogP contribution is 2.62. The van der Waals surface area contributed by atoms with Crippen molar-refractivity contribution >= 4 is 11.8 Å². The van der Waals surface area contributed by atoms with Crippen LogP contribution in [-0.2, 0) is 28.5 Å². The van der Waals surface area contributed by atoms with Gasteiger partial charge in [0, 0.05) is 12.5 Å². The molecule has 4 bridgehead atoms. The SMILES string of the molecule is C=C(C)C(=O)OCCOC(C)OCC12CC3CC(C1)CC(OCC(=O)C(C)(F)F)(C3)C2. The van der Waals surface area contributed by atoms with Crippen LogP contribution in [0.4, 0.5) is 8.78 Å². The summed E-state index contributed by atoms with van der Waals surface area (Å²) in [5, 5.41) is 0. The highest BCUT2D eigenvalue weighted by Gasteiger charge is 2.58. The van der Waals surface area contributed by atoms with Gasteiger partial charge in [0.05, 0.1) is 18.8 Å². The van der Waals surface area contributed by atoms with Crippen molar-refractivity contribution in [1.29, 1.82) is 0 Å². The summed E-state index contributed by atoms with van der Waals surface area (Å²) in [5.74, 6) is -4.04. The molecular weight excluding hydrogens is 410 g/mol. The van der Waals surface area contributed by atoms with E-state index in [1.807, 2.05) is 0 Å². The molecule has 0 amide bonds. The molecule has 0 aromatic heterocycles. The number of rotatable bonds is 12. The second kappa shape index (κ2) is 9.24. The molecule has 4 fully saturated rings. The van der Waals surface area contributed by atoms with E-state index in [2.05, 4.69) is 6.58 Å². The average molecular weight is 445 g/mol.